The van der Waals surface area contributed by atoms with E-state index in [9.17, 15) is 14.0 Å². The number of carbonyl (C=O) groups excluding carboxylic acids is 2. The van der Waals surface area contributed by atoms with Crippen molar-refractivity contribution in [3.8, 4) is 0 Å². The van der Waals surface area contributed by atoms with E-state index in [2.05, 4.69) is 10.6 Å². The molecule has 1 aliphatic rings. The van der Waals surface area contributed by atoms with Gasteiger partial charge >= 0.3 is 0 Å². The quantitative estimate of drug-likeness (QED) is 0.623. The van der Waals surface area contributed by atoms with Crippen molar-refractivity contribution in [1.29, 1.82) is 0 Å². The number of benzene rings is 2. The van der Waals surface area contributed by atoms with Crippen molar-refractivity contribution in [3.05, 3.63) is 58.9 Å². The van der Waals surface area contributed by atoms with Crippen LogP contribution in [-0.2, 0) is 9.53 Å². The molecule has 2 N–H and O–H groups in total. The molecule has 166 valence electrons. The maximum Gasteiger partial charge on any atom is 0.251 e. The van der Waals surface area contributed by atoms with Crippen LogP contribution >= 0.6 is 11.6 Å². The molecule has 6 nitrogen and oxygen atoms in total. The van der Waals surface area contributed by atoms with Crippen molar-refractivity contribution in [2.24, 2.45) is 0 Å². The van der Waals surface area contributed by atoms with E-state index in [0.29, 0.717) is 48.0 Å². The number of ether oxygens (including phenoxy) is 1. The number of amides is 2. The Hall–Kier alpha value is -2.64. The molecule has 0 spiro atoms. The normalized spacial score (nSPS) is 18.5. The molecule has 2 amide bonds. The SMILES string of the molecule is CC1CN(c2ccc(NC(=O)CCCNC(=O)c3ccc(Cl)cc3)cc2F)CC(C)O1. The van der Waals surface area contributed by atoms with Crippen LogP contribution in [0, 0.1) is 5.82 Å². The first kappa shape index (κ1) is 23.0. The molecule has 0 aliphatic carbocycles. The fourth-order valence-electron chi connectivity index (χ4n) is 3.59. The Morgan fingerprint density at radius 3 is 2.45 bits per heavy atom. The Kier molecular flexibility index (Phi) is 7.87. The van der Waals surface area contributed by atoms with Crippen molar-refractivity contribution in [1.82, 2.24) is 5.32 Å². The van der Waals surface area contributed by atoms with E-state index in [1.165, 1.54) is 6.07 Å². The van der Waals surface area contributed by atoms with Gasteiger partial charge in [0, 0.05) is 42.3 Å². The largest absolute Gasteiger partial charge is 0.372 e. The van der Waals surface area contributed by atoms with E-state index in [-0.39, 0.29) is 36.3 Å². The van der Waals surface area contributed by atoms with Crippen LogP contribution < -0.4 is 15.5 Å². The lowest BCUT2D eigenvalue weighted by Crippen LogP contribution is -2.45. The summed E-state index contributed by atoms with van der Waals surface area (Å²) in [6, 6.07) is 11.3. The van der Waals surface area contributed by atoms with Gasteiger partial charge in [-0.05, 0) is 62.7 Å². The standard InChI is InChI=1S/C23H27ClFN3O3/c1-15-13-28(14-16(2)31-15)21-10-9-19(12-20(21)25)27-22(29)4-3-11-26-23(30)17-5-7-18(24)8-6-17/h5-10,12,15-16H,3-4,11,13-14H2,1-2H3,(H,26,30)(H,27,29). The Balaban J connectivity index is 1.44. The summed E-state index contributed by atoms with van der Waals surface area (Å²) in [6.45, 7) is 5.53. The van der Waals surface area contributed by atoms with E-state index in [1.54, 1.807) is 36.4 Å². The summed E-state index contributed by atoms with van der Waals surface area (Å²) < 4.78 is 20.3. The first-order valence-electron chi connectivity index (χ1n) is 10.4. The summed E-state index contributed by atoms with van der Waals surface area (Å²) >= 11 is 5.81. The molecule has 2 atom stereocenters. The van der Waals surface area contributed by atoms with E-state index in [0.717, 1.165) is 0 Å². The second-order valence-electron chi connectivity index (χ2n) is 7.74. The number of morpholine rings is 1. The van der Waals surface area contributed by atoms with Crippen LogP contribution in [-0.4, -0.2) is 43.7 Å². The van der Waals surface area contributed by atoms with Crippen molar-refractivity contribution < 1.29 is 18.7 Å². The molecular weight excluding hydrogens is 421 g/mol. The van der Waals surface area contributed by atoms with Crippen LogP contribution in [0.4, 0.5) is 15.8 Å². The zero-order valence-corrected chi connectivity index (χ0v) is 18.4. The molecule has 2 aromatic rings. The molecule has 0 radical (unpaired) electrons. The van der Waals surface area contributed by atoms with Gasteiger partial charge in [-0.1, -0.05) is 11.6 Å². The third kappa shape index (κ3) is 6.67. The fraction of sp³-hybridized carbons (Fsp3) is 0.391. The van der Waals surface area contributed by atoms with Gasteiger partial charge in [0.1, 0.15) is 5.82 Å². The van der Waals surface area contributed by atoms with Crippen molar-refractivity contribution in [2.75, 3.05) is 29.9 Å². The number of anilines is 2. The number of hydrogen-bond acceptors (Lipinski definition) is 4. The molecule has 1 fully saturated rings. The second-order valence-corrected chi connectivity index (χ2v) is 8.18. The fourth-order valence-corrected chi connectivity index (χ4v) is 3.72. The third-order valence-corrected chi connectivity index (χ3v) is 5.22. The number of nitrogens with one attached hydrogen (secondary N) is 2. The predicted octanol–water partition coefficient (Wildman–Crippen LogP) is 4.24. The molecule has 0 saturated carbocycles. The zero-order chi connectivity index (χ0) is 22.4. The number of rotatable bonds is 7. The van der Waals surface area contributed by atoms with Gasteiger partial charge in [0.15, 0.2) is 0 Å². The highest BCUT2D eigenvalue weighted by atomic mass is 35.5. The van der Waals surface area contributed by atoms with Gasteiger partial charge < -0.3 is 20.3 Å². The minimum atomic E-state index is -0.380. The summed E-state index contributed by atoms with van der Waals surface area (Å²) in [7, 11) is 0. The van der Waals surface area contributed by atoms with Gasteiger partial charge in [-0.25, -0.2) is 4.39 Å². The summed E-state index contributed by atoms with van der Waals surface area (Å²) in [5, 5.41) is 6.03. The smallest absolute Gasteiger partial charge is 0.251 e. The second kappa shape index (κ2) is 10.6. The van der Waals surface area contributed by atoms with Gasteiger partial charge in [0.05, 0.1) is 17.9 Å². The monoisotopic (exact) mass is 447 g/mol. The summed E-state index contributed by atoms with van der Waals surface area (Å²) in [4.78, 5) is 26.1. The molecule has 8 heteroatoms. The maximum atomic E-state index is 14.6. The van der Waals surface area contributed by atoms with Crippen molar-refractivity contribution in [2.45, 2.75) is 38.9 Å². The van der Waals surface area contributed by atoms with E-state index >= 15 is 0 Å². The lowest BCUT2D eigenvalue weighted by atomic mass is 10.1. The molecular formula is C23H27ClFN3O3. The highest BCUT2D eigenvalue weighted by Gasteiger charge is 2.24. The summed E-state index contributed by atoms with van der Waals surface area (Å²) in [5.74, 6) is -0.836. The van der Waals surface area contributed by atoms with E-state index in [1.807, 2.05) is 18.7 Å². The maximum absolute atomic E-state index is 14.6. The molecule has 2 aromatic carbocycles. The van der Waals surface area contributed by atoms with Crippen LogP contribution in [0.2, 0.25) is 5.02 Å². The van der Waals surface area contributed by atoms with E-state index in [4.69, 9.17) is 16.3 Å². The number of carbonyl (C=O) groups is 2. The number of hydrogen-bond donors (Lipinski definition) is 2. The zero-order valence-electron chi connectivity index (χ0n) is 17.7. The number of halogens is 2. The Bertz CT molecular complexity index is 913. The third-order valence-electron chi connectivity index (χ3n) is 4.96. The average Bonchev–Trinajstić information content (AvgIpc) is 2.71. The molecule has 0 aromatic heterocycles. The summed E-state index contributed by atoms with van der Waals surface area (Å²) in [6.07, 6.45) is 0.739. The van der Waals surface area contributed by atoms with Crippen molar-refractivity contribution >= 4 is 34.8 Å². The van der Waals surface area contributed by atoms with Gasteiger partial charge in [0.2, 0.25) is 5.91 Å². The van der Waals surface area contributed by atoms with E-state index < -0.39 is 0 Å². The minimum absolute atomic E-state index is 0.0303. The van der Waals surface area contributed by atoms with Crippen molar-refractivity contribution in [3.63, 3.8) is 0 Å². The summed E-state index contributed by atoms with van der Waals surface area (Å²) in [5.41, 5.74) is 1.42. The van der Waals surface area contributed by atoms with Crippen LogP contribution in [0.15, 0.2) is 42.5 Å². The molecule has 31 heavy (non-hydrogen) atoms. The van der Waals surface area contributed by atoms with Gasteiger partial charge in [-0.2, -0.15) is 0 Å². The Morgan fingerprint density at radius 2 is 1.81 bits per heavy atom. The molecule has 0 bridgehead atoms. The predicted molar refractivity (Wildman–Crippen MR) is 120 cm³/mol. The van der Waals surface area contributed by atoms with Crippen LogP contribution in [0.5, 0.6) is 0 Å². The highest BCUT2D eigenvalue weighted by Crippen LogP contribution is 2.26. The van der Waals surface area contributed by atoms with Gasteiger partial charge in [0.25, 0.3) is 5.91 Å². The first-order chi connectivity index (χ1) is 14.8. The molecule has 1 aliphatic heterocycles. The highest BCUT2D eigenvalue weighted by molar-refractivity contribution is 6.30. The lowest BCUT2D eigenvalue weighted by Gasteiger charge is -2.37. The molecule has 1 saturated heterocycles. The minimum Gasteiger partial charge on any atom is -0.372 e. The first-order valence-corrected chi connectivity index (χ1v) is 10.7. The van der Waals surface area contributed by atoms with Gasteiger partial charge in [-0.15, -0.1) is 0 Å². The molecule has 1 heterocycles. The number of nitrogens with zero attached hydrogens (tertiary/aromatic N) is 1. The Morgan fingerprint density at radius 1 is 1.13 bits per heavy atom. The topological polar surface area (TPSA) is 70.7 Å². The average molecular weight is 448 g/mol. The van der Waals surface area contributed by atoms with Crippen LogP contribution in [0.25, 0.3) is 0 Å². The molecule has 2 unspecified atom stereocenters. The van der Waals surface area contributed by atoms with Crippen LogP contribution in [0.1, 0.15) is 37.0 Å². The van der Waals surface area contributed by atoms with Crippen LogP contribution in [0.3, 0.4) is 0 Å². The molecule has 3 rings (SSSR count). The van der Waals surface area contributed by atoms with Gasteiger partial charge in [-0.3, -0.25) is 9.59 Å². The Labute approximate surface area is 186 Å². The lowest BCUT2D eigenvalue weighted by molar-refractivity contribution is -0.116.